The predicted octanol–water partition coefficient (Wildman–Crippen LogP) is 3.39. The van der Waals surface area contributed by atoms with Gasteiger partial charge in [0.05, 0.1) is 11.4 Å². The highest BCUT2D eigenvalue weighted by Crippen LogP contribution is 2.39. The summed E-state index contributed by atoms with van der Waals surface area (Å²) >= 11 is 5.77. The smallest absolute Gasteiger partial charge is 0.153 e. The quantitative estimate of drug-likeness (QED) is 0.738. The van der Waals surface area contributed by atoms with Crippen LogP contribution in [-0.4, -0.2) is 9.55 Å². The van der Waals surface area contributed by atoms with Gasteiger partial charge in [0.25, 0.3) is 0 Å². The Morgan fingerprint density at radius 3 is 2.75 bits per heavy atom. The number of halogens is 3. The van der Waals surface area contributed by atoms with Crippen molar-refractivity contribution in [3.8, 4) is 0 Å². The maximum Gasteiger partial charge on any atom is 0.153 e. The standard InChI is InChI=1S/C11H9ClF2N2/c12-5-10-15-11-8(14)3-6(13)4-9(11)16(10)7-1-2-7/h3-4,7H,1-2,5H2. The van der Waals surface area contributed by atoms with E-state index in [1.807, 2.05) is 4.57 Å². The van der Waals surface area contributed by atoms with Gasteiger partial charge in [0, 0.05) is 12.1 Å². The van der Waals surface area contributed by atoms with Crippen LogP contribution in [0, 0.1) is 11.6 Å². The zero-order valence-electron chi connectivity index (χ0n) is 8.38. The Balaban J connectivity index is 2.35. The van der Waals surface area contributed by atoms with E-state index in [2.05, 4.69) is 4.98 Å². The van der Waals surface area contributed by atoms with Crippen molar-refractivity contribution in [1.29, 1.82) is 0 Å². The van der Waals surface area contributed by atoms with Crippen LogP contribution in [0.25, 0.3) is 11.0 Å². The average Bonchev–Trinajstić information content (AvgIpc) is 3.00. The van der Waals surface area contributed by atoms with Crippen molar-refractivity contribution in [2.45, 2.75) is 24.8 Å². The van der Waals surface area contributed by atoms with Crippen LogP contribution in [0.5, 0.6) is 0 Å². The second-order valence-electron chi connectivity index (χ2n) is 4.02. The van der Waals surface area contributed by atoms with E-state index >= 15 is 0 Å². The minimum Gasteiger partial charge on any atom is -0.324 e. The molecule has 0 aliphatic heterocycles. The molecule has 1 aromatic carbocycles. The summed E-state index contributed by atoms with van der Waals surface area (Å²) < 4.78 is 28.5. The first-order valence-electron chi connectivity index (χ1n) is 5.12. The molecule has 0 atom stereocenters. The van der Waals surface area contributed by atoms with E-state index < -0.39 is 11.6 Å². The lowest BCUT2D eigenvalue weighted by Gasteiger charge is -2.04. The summed E-state index contributed by atoms with van der Waals surface area (Å²) in [6.45, 7) is 0. The molecule has 1 fully saturated rings. The first-order chi connectivity index (χ1) is 7.70. The van der Waals surface area contributed by atoms with E-state index in [1.54, 1.807) is 0 Å². The highest BCUT2D eigenvalue weighted by atomic mass is 35.5. The van der Waals surface area contributed by atoms with Crippen LogP contribution < -0.4 is 0 Å². The molecule has 16 heavy (non-hydrogen) atoms. The largest absolute Gasteiger partial charge is 0.324 e. The Kier molecular flexibility index (Phi) is 2.14. The van der Waals surface area contributed by atoms with Gasteiger partial charge in [-0.1, -0.05) is 0 Å². The van der Waals surface area contributed by atoms with Gasteiger partial charge in [0.1, 0.15) is 17.2 Å². The van der Waals surface area contributed by atoms with Crippen molar-refractivity contribution in [3.05, 3.63) is 29.6 Å². The van der Waals surface area contributed by atoms with Crippen molar-refractivity contribution in [2.24, 2.45) is 0 Å². The van der Waals surface area contributed by atoms with Crippen molar-refractivity contribution in [1.82, 2.24) is 9.55 Å². The molecule has 2 nitrogen and oxygen atoms in total. The number of aromatic nitrogens is 2. The number of rotatable bonds is 2. The predicted molar refractivity (Wildman–Crippen MR) is 57.5 cm³/mol. The number of fused-ring (bicyclic) bond motifs is 1. The number of nitrogens with zero attached hydrogens (tertiary/aromatic N) is 2. The van der Waals surface area contributed by atoms with Gasteiger partial charge in [-0.25, -0.2) is 13.8 Å². The van der Waals surface area contributed by atoms with Crippen LogP contribution in [0.4, 0.5) is 8.78 Å². The van der Waals surface area contributed by atoms with Gasteiger partial charge in [-0.05, 0) is 18.9 Å². The Morgan fingerprint density at radius 1 is 1.38 bits per heavy atom. The zero-order chi connectivity index (χ0) is 11.3. The number of benzene rings is 1. The molecule has 1 heterocycles. The summed E-state index contributed by atoms with van der Waals surface area (Å²) in [5.41, 5.74) is 0.722. The van der Waals surface area contributed by atoms with Gasteiger partial charge in [-0.15, -0.1) is 11.6 Å². The Hall–Kier alpha value is -1.16. The molecule has 1 aliphatic carbocycles. The molecule has 5 heteroatoms. The highest BCUT2D eigenvalue weighted by Gasteiger charge is 2.28. The van der Waals surface area contributed by atoms with Gasteiger partial charge in [-0.2, -0.15) is 0 Å². The highest BCUT2D eigenvalue weighted by molar-refractivity contribution is 6.16. The third-order valence-corrected chi connectivity index (χ3v) is 3.06. The molecule has 0 saturated heterocycles. The summed E-state index contributed by atoms with van der Waals surface area (Å²) in [6.07, 6.45) is 2.04. The summed E-state index contributed by atoms with van der Waals surface area (Å²) in [4.78, 5) is 4.12. The molecular weight excluding hydrogens is 234 g/mol. The summed E-state index contributed by atoms with van der Waals surface area (Å²) in [6, 6.07) is 2.48. The fourth-order valence-corrected chi connectivity index (χ4v) is 2.19. The summed E-state index contributed by atoms with van der Waals surface area (Å²) in [7, 11) is 0. The van der Waals surface area contributed by atoms with Crippen molar-refractivity contribution in [3.63, 3.8) is 0 Å². The van der Waals surface area contributed by atoms with E-state index in [4.69, 9.17) is 11.6 Å². The second kappa shape index (κ2) is 3.42. The van der Waals surface area contributed by atoms with Gasteiger partial charge in [0.15, 0.2) is 5.82 Å². The first-order valence-corrected chi connectivity index (χ1v) is 5.66. The van der Waals surface area contributed by atoms with Crippen LogP contribution in [-0.2, 0) is 5.88 Å². The Labute approximate surface area is 95.8 Å². The Morgan fingerprint density at radius 2 is 2.12 bits per heavy atom. The SMILES string of the molecule is Fc1cc(F)c2nc(CCl)n(C3CC3)c2c1. The summed E-state index contributed by atoms with van der Waals surface area (Å²) in [5, 5.41) is 0. The molecule has 0 bridgehead atoms. The molecule has 0 radical (unpaired) electrons. The minimum atomic E-state index is -0.624. The van der Waals surface area contributed by atoms with Gasteiger partial charge in [0.2, 0.25) is 0 Å². The third-order valence-electron chi connectivity index (χ3n) is 2.82. The monoisotopic (exact) mass is 242 g/mol. The third kappa shape index (κ3) is 1.40. The maximum atomic E-state index is 13.5. The fourth-order valence-electron chi connectivity index (χ4n) is 2.00. The molecule has 0 amide bonds. The second-order valence-corrected chi connectivity index (χ2v) is 4.29. The molecule has 84 valence electrons. The van der Waals surface area contributed by atoms with Crippen LogP contribution in [0.15, 0.2) is 12.1 Å². The average molecular weight is 243 g/mol. The van der Waals surface area contributed by atoms with E-state index in [0.717, 1.165) is 18.9 Å². The number of imidazole rings is 1. The fraction of sp³-hybridized carbons (Fsp3) is 0.364. The van der Waals surface area contributed by atoms with E-state index in [1.165, 1.54) is 6.07 Å². The first kappa shape index (κ1) is 10.0. The molecular formula is C11H9ClF2N2. The Bertz CT molecular complexity index is 561. The van der Waals surface area contributed by atoms with Gasteiger partial charge < -0.3 is 4.57 Å². The molecule has 3 rings (SSSR count). The zero-order valence-corrected chi connectivity index (χ0v) is 9.14. The molecule has 0 unspecified atom stereocenters. The van der Waals surface area contributed by atoms with Gasteiger partial charge in [-0.3, -0.25) is 0 Å². The lowest BCUT2D eigenvalue weighted by atomic mass is 10.3. The minimum absolute atomic E-state index is 0.212. The molecule has 0 N–H and O–H groups in total. The lowest BCUT2D eigenvalue weighted by molar-refractivity contribution is 0.590. The lowest BCUT2D eigenvalue weighted by Crippen LogP contribution is -1.99. The number of alkyl halides is 1. The van der Waals surface area contributed by atoms with Crippen molar-refractivity contribution >= 4 is 22.6 Å². The van der Waals surface area contributed by atoms with E-state index in [0.29, 0.717) is 17.4 Å². The van der Waals surface area contributed by atoms with Crippen LogP contribution >= 0.6 is 11.6 Å². The molecule has 1 aromatic heterocycles. The molecule has 0 spiro atoms. The van der Waals surface area contributed by atoms with Gasteiger partial charge >= 0.3 is 0 Å². The van der Waals surface area contributed by atoms with Crippen LogP contribution in [0.2, 0.25) is 0 Å². The summed E-state index contributed by atoms with van der Waals surface area (Å²) in [5.74, 6) is -0.371. The van der Waals surface area contributed by atoms with Crippen LogP contribution in [0.1, 0.15) is 24.7 Å². The van der Waals surface area contributed by atoms with E-state index in [-0.39, 0.29) is 11.4 Å². The molecule has 1 aliphatic rings. The maximum absolute atomic E-state index is 13.5. The van der Waals surface area contributed by atoms with Crippen molar-refractivity contribution in [2.75, 3.05) is 0 Å². The van der Waals surface area contributed by atoms with Crippen molar-refractivity contribution < 1.29 is 8.78 Å². The number of hydrogen-bond acceptors (Lipinski definition) is 1. The molecule has 2 aromatic rings. The normalized spacial score (nSPS) is 15.9. The molecule has 1 saturated carbocycles. The topological polar surface area (TPSA) is 17.8 Å². The van der Waals surface area contributed by atoms with Crippen LogP contribution in [0.3, 0.4) is 0 Å². The van der Waals surface area contributed by atoms with E-state index in [9.17, 15) is 8.78 Å². The number of hydrogen-bond donors (Lipinski definition) is 0.